The summed E-state index contributed by atoms with van der Waals surface area (Å²) >= 11 is 1.72. The van der Waals surface area contributed by atoms with Crippen LogP contribution < -0.4 is 4.74 Å². The molecule has 0 bridgehead atoms. The van der Waals surface area contributed by atoms with E-state index in [2.05, 4.69) is 0 Å². The highest BCUT2D eigenvalue weighted by atomic mass is 32.2. The van der Waals surface area contributed by atoms with Crippen LogP contribution in [0.2, 0.25) is 0 Å². The van der Waals surface area contributed by atoms with Crippen molar-refractivity contribution in [3.05, 3.63) is 35.4 Å². The molecule has 0 aliphatic rings. The lowest BCUT2D eigenvalue weighted by atomic mass is 10.1. The molecular weight excluding hydrogens is 224 g/mol. The van der Waals surface area contributed by atoms with Crippen molar-refractivity contribution in [1.29, 1.82) is 0 Å². The number of benzene rings is 1. The van der Waals surface area contributed by atoms with E-state index in [-0.39, 0.29) is 0 Å². The molecule has 0 saturated carbocycles. The van der Waals surface area contributed by atoms with Crippen LogP contribution in [0.5, 0.6) is 5.75 Å². The third kappa shape index (κ3) is 3.62. The second-order valence-electron chi connectivity index (χ2n) is 3.18. The van der Waals surface area contributed by atoms with Gasteiger partial charge in [0.25, 0.3) is 0 Å². The number of hydrogen-bond donors (Lipinski definition) is 1. The lowest BCUT2D eigenvalue weighted by Gasteiger charge is -2.06. The Morgan fingerprint density at radius 2 is 2.31 bits per heavy atom. The number of rotatable bonds is 5. The van der Waals surface area contributed by atoms with Crippen LogP contribution in [0.3, 0.4) is 0 Å². The summed E-state index contributed by atoms with van der Waals surface area (Å²) in [6, 6.07) is 5.77. The Morgan fingerprint density at radius 3 is 2.88 bits per heavy atom. The van der Waals surface area contributed by atoms with Crippen LogP contribution in [0.25, 0.3) is 6.08 Å². The summed E-state index contributed by atoms with van der Waals surface area (Å²) < 4.78 is 5.16. The first-order valence-electron chi connectivity index (χ1n) is 4.74. The molecule has 3 nitrogen and oxygen atoms in total. The lowest BCUT2D eigenvalue weighted by molar-refractivity contribution is -0.131. The van der Waals surface area contributed by atoms with Crippen LogP contribution in [-0.4, -0.2) is 24.4 Å². The summed E-state index contributed by atoms with van der Waals surface area (Å²) in [5.74, 6) is 0.623. The fourth-order valence-corrected chi connectivity index (χ4v) is 1.84. The van der Waals surface area contributed by atoms with E-state index < -0.39 is 5.97 Å². The second-order valence-corrected chi connectivity index (χ2v) is 4.05. The van der Waals surface area contributed by atoms with Gasteiger partial charge in [0.15, 0.2) is 0 Å². The molecule has 1 rings (SSSR count). The highest BCUT2D eigenvalue weighted by molar-refractivity contribution is 7.97. The Kier molecular flexibility index (Phi) is 4.92. The van der Waals surface area contributed by atoms with Gasteiger partial charge in [0.2, 0.25) is 0 Å². The van der Waals surface area contributed by atoms with E-state index in [4.69, 9.17) is 9.84 Å². The van der Waals surface area contributed by atoms with Gasteiger partial charge in [0, 0.05) is 17.4 Å². The van der Waals surface area contributed by atoms with Crippen molar-refractivity contribution in [2.45, 2.75) is 5.75 Å². The number of carboxylic acid groups (broad SMARTS) is 1. The number of thioether (sulfide) groups is 1. The quantitative estimate of drug-likeness (QED) is 0.801. The van der Waals surface area contributed by atoms with Crippen LogP contribution in [0.15, 0.2) is 24.3 Å². The first-order valence-corrected chi connectivity index (χ1v) is 6.13. The normalized spacial score (nSPS) is 10.6. The zero-order valence-electron chi connectivity index (χ0n) is 9.27. The monoisotopic (exact) mass is 238 g/mol. The molecule has 0 unspecified atom stereocenters. The van der Waals surface area contributed by atoms with Crippen molar-refractivity contribution in [2.75, 3.05) is 13.4 Å². The number of methoxy groups -OCH3 is 1. The standard InChI is InChI=1S/C12H14O3S/c1-15-11-5-3-9(8-16-2)7-10(11)4-6-12(13)14/h3-7H,8H2,1-2H3,(H,13,14). The van der Waals surface area contributed by atoms with Crippen molar-refractivity contribution in [2.24, 2.45) is 0 Å². The van der Waals surface area contributed by atoms with Crippen LogP contribution in [0.1, 0.15) is 11.1 Å². The fourth-order valence-electron chi connectivity index (χ4n) is 1.33. The molecular formula is C12H14O3S. The zero-order valence-corrected chi connectivity index (χ0v) is 10.1. The van der Waals surface area contributed by atoms with E-state index in [9.17, 15) is 4.79 Å². The number of carbonyl (C=O) groups is 1. The van der Waals surface area contributed by atoms with Gasteiger partial charge in [0.1, 0.15) is 5.75 Å². The molecule has 0 atom stereocenters. The van der Waals surface area contributed by atoms with Gasteiger partial charge in [-0.2, -0.15) is 11.8 Å². The number of aliphatic carboxylic acids is 1. The predicted octanol–water partition coefficient (Wildman–Crippen LogP) is 2.66. The molecule has 86 valence electrons. The molecule has 0 fully saturated rings. The van der Waals surface area contributed by atoms with E-state index in [0.29, 0.717) is 5.75 Å². The average Bonchev–Trinajstić information content (AvgIpc) is 2.27. The molecule has 1 N–H and O–H groups in total. The molecule has 0 aliphatic heterocycles. The summed E-state index contributed by atoms with van der Waals surface area (Å²) in [6.07, 6.45) is 4.68. The highest BCUT2D eigenvalue weighted by Crippen LogP contribution is 2.23. The van der Waals surface area contributed by atoms with Crippen molar-refractivity contribution in [3.63, 3.8) is 0 Å². The molecule has 0 aromatic heterocycles. The topological polar surface area (TPSA) is 46.5 Å². The minimum Gasteiger partial charge on any atom is -0.496 e. The highest BCUT2D eigenvalue weighted by Gasteiger charge is 2.02. The van der Waals surface area contributed by atoms with Crippen molar-refractivity contribution >= 4 is 23.8 Å². The first kappa shape index (κ1) is 12.6. The molecule has 0 heterocycles. The van der Waals surface area contributed by atoms with E-state index in [0.717, 1.165) is 23.0 Å². The minimum absolute atomic E-state index is 0.683. The van der Waals surface area contributed by atoms with Crippen LogP contribution in [0, 0.1) is 0 Å². The Labute approximate surface area is 99.1 Å². The van der Waals surface area contributed by atoms with Crippen LogP contribution >= 0.6 is 11.8 Å². The molecule has 16 heavy (non-hydrogen) atoms. The van der Waals surface area contributed by atoms with Gasteiger partial charge in [-0.15, -0.1) is 0 Å². The van der Waals surface area contributed by atoms with Gasteiger partial charge in [-0.3, -0.25) is 0 Å². The van der Waals surface area contributed by atoms with E-state index >= 15 is 0 Å². The lowest BCUT2D eigenvalue weighted by Crippen LogP contribution is -1.91. The van der Waals surface area contributed by atoms with E-state index in [1.165, 1.54) is 0 Å². The number of carboxylic acids is 1. The molecule has 1 aromatic carbocycles. The molecule has 0 spiro atoms. The van der Waals surface area contributed by atoms with Gasteiger partial charge in [-0.25, -0.2) is 4.79 Å². The average molecular weight is 238 g/mol. The van der Waals surface area contributed by atoms with E-state index in [1.54, 1.807) is 24.9 Å². The van der Waals surface area contributed by atoms with Gasteiger partial charge in [-0.05, 0) is 30.0 Å². The Morgan fingerprint density at radius 1 is 1.56 bits per heavy atom. The largest absolute Gasteiger partial charge is 0.496 e. The van der Waals surface area contributed by atoms with Crippen molar-refractivity contribution in [1.82, 2.24) is 0 Å². The third-order valence-corrected chi connectivity index (χ3v) is 2.63. The Balaban J connectivity index is 3.01. The Hall–Kier alpha value is -1.42. The van der Waals surface area contributed by atoms with Crippen molar-refractivity contribution in [3.8, 4) is 5.75 Å². The molecule has 0 aliphatic carbocycles. The maximum atomic E-state index is 10.5. The molecule has 1 aromatic rings. The predicted molar refractivity (Wildman–Crippen MR) is 66.9 cm³/mol. The van der Waals surface area contributed by atoms with Crippen LogP contribution in [-0.2, 0) is 10.5 Å². The van der Waals surface area contributed by atoms with Gasteiger partial charge >= 0.3 is 5.97 Å². The summed E-state index contributed by atoms with van der Waals surface area (Å²) in [7, 11) is 1.57. The van der Waals surface area contributed by atoms with Gasteiger partial charge < -0.3 is 9.84 Å². The van der Waals surface area contributed by atoms with Gasteiger partial charge in [-0.1, -0.05) is 6.07 Å². The maximum absolute atomic E-state index is 10.5. The van der Waals surface area contributed by atoms with Crippen molar-refractivity contribution < 1.29 is 14.6 Å². The fraction of sp³-hybridized carbons (Fsp3) is 0.250. The summed E-state index contributed by atoms with van der Waals surface area (Å²) in [5.41, 5.74) is 1.94. The Bertz CT molecular complexity index is 399. The second kappa shape index (κ2) is 6.23. The smallest absolute Gasteiger partial charge is 0.328 e. The molecule has 0 amide bonds. The van der Waals surface area contributed by atoms with E-state index in [1.807, 2.05) is 24.5 Å². The summed E-state index contributed by atoms with van der Waals surface area (Å²) in [6.45, 7) is 0. The first-order chi connectivity index (χ1) is 7.67. The summed E-state index contributed by atoms with van der Waals surface area (Å²) in [4.78, 5) is 10.5. The number of ether oxygens (including phenoxy) is 1. The molecule has 4 heteroatoms. The molecule has 0 radical (unpaired) electrons. The maximum Gasteiger partial charge on any atom is 0.328 e. The SMILES string of the molecule is COc1ccc(CSC)cc1C=CC(=O)O. The molecule has 0 saturated heterocycles. The van der Waals surface area contributed by atoms with Gasteiger partial charge in [0.05, 0.1) is 7.11 Å². The zero-order chi connectivity index (χ0) is 12.0. The third-order valence-electron chi connectivity index (χ3n) is 2.01. The summed E-state index contributed by atoms with van der Waals surface area (Å²) in [5, 5.41) is 8.58. The minimum atomic E-state index is -0.961. The van der Waals surface area contributed by atoms with Crippen LogP contribution in [0.4, 0.5) is 0 Å². The number of hydrogen-bond acceptors (Lipinski definition) is 3.